The van der Waals surface area contributed by atoms with E-state index in [1.54, 1.807) is 4.68 Å². The minimum atomic E-state index is -0.0386. The van der Waals surface area contributed by atoms with E-state index < -0.39 is 0 Å². The summed E-state index contributed by atoms with van der Waals surface area (Å²) in [6, 6.07) is 16.1. The molecule has 0 radical (unpaired) electrons. The van der Waals surface area contributed by atoms with E-state index in [4.69, 9.17) is 0 Å². The van der Waals surface area contributed by atoms with Crippen LogP contribution in [0.3, 0.4) is 0 Å². The Morgan fingerprint density at radius 2 is 2.00 bits per heavy atom. The maximum atomic E-state index is 12.2. The van der Waals surface area contributed by atoms with Gasteiger partial charge in [-0.25, -0.2) is 0 Å². The standard InChI is InChI=1S/C20H20N6OS/c1-14-6-8-16(9-7-14)26-20(23-24-25-26)28-13-19(27)21-11-10-15-12-22-18-5-3-2-4-17(15)18/h2-9,12,22H,10-11,13H2,1H3,(H,21,27). The maximum absolute atomic E-state index is 12.2. The number of amides is 1. The van der Waals surface area contributed by atoms with Crippen molar-refractivity contribution in [1.29, 1.82) is 0 Å². The number of aryl methyl sites for hydroxylation is 1. The first-order chi connectivity index (χ1) is 13.7. The van der Waals surface area contributed by atoms with Gasteiger partial charge in [0.25, 0.3) is 0 Å². The molecule has 0 atom stereocenters. The molecule has 0 aliphatic carbocycles. The fourth-order valence-corrected chi connectivity index (χ4v) is 3.69. The van der Waals surface area contributed by atoms with Crippen LogP contribution in [0.4, 0.5) is 0 Å². The van der Waals surface area contributed by atoms with Crippen LogP contribution in [-0.4, -0.2) is 43.4 Å². The zero-order chi connectivity index (χ0) is 19.3. The molecular weight excluding hydrogens is 372 g/mol. The number of thioether (sulfide) groups is 1. The number of fused-ring (bicyclic) bond motifs is 1. The highest BCUT2D eigenvalue weighted by molar-refractivity contribution is 7.99. The van der Waals surface area contributed by atoms with Crippen molar-refractivity contribution in [3.05, 3.63) is 65.9 Å². The van der Waals surface area contributed by atoms with Crippen molar-refractivity contribution in [2.24, 2.45) is 0 Å². The zero-order valence-corrected chi connectivity index (χ0v) is 16.2. The van der Waals surface area contributed by atoms with Crippen LogP contribution in [0.1, 0.15) is 11.1 Å². The van der Waals surface area contributed by atoms with Crippen molar-refractivity contribution >= 4 is 28.6 Å². The number of nitrogens with zero attached hydrogens (tertiary/aromatic N) is 4. The maximum Gasteiger partial charge on any atom is 0.230 e. The second-order valence-corrected chi connectivity index (χ2v) is 7.40. The molecule has 0 aliphatic rings. The van der Waals surface area contributed by atoms with Gasteiger partial charge >= 0.3 is 0 Å². The topological polar surface area (TPSA) is 88.5 Å². The smallest absolute Gasteiger partial charge is 0.230 e. The normalized spacial score (nSPS) is 11.0. The first-order valence-corrected chi connectivity index (χ1v) is 9.99. The molecule has 2 aromatic carbocycles. The van der Waals surface area contributed by atoms with Gasteiger partial charge in [0.05, 0.1) is 11.4 Å². The second kappa shape index (κ2) is 8.26. The van der Waals surface area contributed by atoms with Gasteiger partial charge < -0.3 is 10.3 Å². The van der Waals surface area contributed by atoms with Crippen molar-refractivity contribution in [3.63, 3.8) is 0 Å². The summed E-state index contributed by atoms with van der Waals surface area (Å²) in [5.74, 6) is 0.225. The molecule has 142 valence electrons. The van der Waals surface area contributed by atoms with Gasteiger partial charge in [0.1, 0.15) is 0 Å². The van der Waals surface area contributed by atoms with E-state index in [0.717, 1.165) is 17.6 Å². The number of hydrogen-bond acceptors (Lipinski definition) is 5. The molecule has 0 fully saturated rings. The zero-order valence-electron chi connectivity index (χ0n) is 15.4. The van der Waals surface area contributed by atoms with Crippen LogP contribution in [0.5, 0.6) is 0 Å². The number of aromatic nitrogens is 5. The van der Waals surface area contributed by atoms with Crippen LogP contribution >= 0.6 is 11.8 Å². The summed E-state index contributed by atoms with van der Waals surface area (Å²) in [5, 5.41) is 16.5. The number of H-pyrrole nitrogens is 1. The Morgan fingerprint density at radius 1 is 1.18 bits per heavy atom. The number of hydrogen-bond donors (Lipinski definition) is 2. The summed E-state index contributed by atoms with van der Waals surface area (Å²) in [6.45, 7) is 2.61. The summed E-state index contributed by atoms with van der Waals surface area (Å²) >= 11 is 1.32. The molecule has 2 N–H and O–H groups in total. The van der Waals surface area contributed by atoms with Crippen LogP contribution < -0.4 is 5.32 Å². The summed E-state index contributed by atoms with van der Waals surface area (Å²) in [4.78, 5) is 15.5. The van der Waals surface area contributed by atoms with Crippen LogP contribution in [-0.2, 0) is 11.2 Å². The number of benzene rings is 2. The molecule has 0 saturated carbocycles. The van der Waals surface area contributed by atoms with E-state index >= 15 is 0 Å². The lowest BCUT2D eigenvalue weighted by Crippen LogP contribution is -2.27. The molecule has 28 heavy (non-hydrogen) atoms. The van der Waals surface area contributed by atoms with E-state index in [1.165, 1.54) is 28.3 Å². The average Bonchev–Trinajstić information content (AvgIpc) is 3.34. The minimum Gasteiger partial charge on any atom is -0.361 e. The number of carbonyl (C=O) groups excluding carboxylic acids is 1. The summed E-state index contributed by atoms with van der Waals surface area (Å²) < 4.78 is 1.64. The third-order valence-corrected chi connectivity index (χ3v) is 5.36. The van der Waals surface area contributed by atoms with E-state index in [-0.39, 0.29) is 11.7 Å². The highest BCUT2D eigenvalue weighted by Gasteiger charge is 2.11. The number of para-hydroxylation sites is 1. The van der Waals surface area contributed by atoms with Crippen LogP contribution in [0, 0.1) is 6.92 Å². The average molecular weight is 392 g/mol. The van der Waals surface area contributed by atoms with Gasteiger partial charge in [0.2, 0.25) is 11.1 Å². The van der Waals surface area contributed by atoms with Gasteiger partial charge in [0, 0.05) is 23.6 Å². The van der Waals surface area contributed by atoms with Crippen molar-refractivity contribution in [2.45, 2.75) is 18.5 Å². The minimum absolute atomic E-state index is 0.0386. The Labute approximate surface area is 166 Å². The third kappa shape index (κ3) is 4.07. The Hall–Kier alpha value is -3.13. The van der Waals surface area contributed by atoms with Crippen LogP contribution in [0.15, 0.2) is 59.9 Å². The lowest BCUT2D eigenvalue weighted by atomic mass is 10.1. The summed E-state index contributed by atoms with van der Waals surface area (Å²) in [5.41, 5.74) is 4.35. The fourth-order valence-electron chi connectivity index (χ4n) is 2.97. The molecule has 0 unspecified atom stereocenters. The van der Waals surface area contributed by atoms with Gasteiger partial charge in [-0.1, -0.05) is 47.7 Å². The second-order valence-electron chi connectivity index (χ2n) is 6.46. The molecule has 4 aromatic rings. The summed E-state index contributed by atoms with van der Waals surface area (Å²) in [7, 11) is 0. The van der Waals surface area contributed by atoms with E-state index in [0.29, 0.717) is 11.7 Å². The predicted molar refractivity (Wildman–Crippen MR) is 110 cm³/mol. The molecule has 1 amide bonds. The Balaban J connectivity index is 1.29. The van der Waals surface area contributed by atoms with Crippen molar-refractivity contribution in [3.8, 4) is 5.69 Å². The molecule has 4 rings (SSSR count). The van der Waals surface area contributed by atoms with Crippen molar-refractivity contribution in [1.82, 2.24) is 30.5 Å². The van der Waals surface area contributed by atoms with Gasteiger partial charge in [0.15, 0.2) is 0 Å². The predicted octanol–water partition coefficient (Wildman–Crippen LogP) is 2.90. The fraction of sp³-hybridized carbons (Fsp3) is 0.200. The van der Waals surface area contributed by atoms with Crippen LogP contribution in [0.2, 0.25) is 0 Å². The molecule has 7 nitrogen and oxygen atoms in total. The number of nitrogens with one attached hydrogen (secondary N) is 2. The van der Waals surface area contributed by atoms with E-state index in [1.807, 2.05) is 55.6 Å². The Kier molecular flexibility index (Phi) is 5.38. The van der Waals surface area contributed by atoms with Gasteiger partial charge in [-0.15, -0.1) is 5.10 Å². The molecule has 0 spiro atoms. The first kappa shape index (κ1) is 18.2. The number of aromatic amines is 1. The van der Waals surface area contributed by atoms with Crippen molar-refractivity contribution in [2.75, 3.05) is 12.3 Å². The first-order valence-electron chi connectivity index (χ1n) is 9.00. The number of carbonyl (C=O) groups is 1. The van der Waals surface area contributed by atoms with Gasteiger partial charge in [-0.2, -0.15) is 4.68 Å². The lowest BCUT2D eigenvalue weighted by Gasteiger charge is -2.06. The Bertz CT molecular complexity index is 1090. The van der Waals surface area contributed by atoms with Gasteiger partial charge in [-0.3, -0.25) is 4.79 Å². The molecule has 2 aromatic heterocycles. The summed E-state index contributed by atoms with van der Waals surface area (Å²) in [6.07, 6.45) is 2.78. The molecule has 0 bridgehead atoms. The molecule has 8 heteroatoms. The molecule has 2 heterocycles. The third-order valence-electron chi connectivity index (χ3n) is 4.44. The molecule has 0 aliphatic heterocycles. The van der Waals surface area contributed by atoms with Crippen molar-refractivity contribution < 1.29 is 4.79 Å². The highest BCUT2D eigenvalue weighted by atomic mass is 32.2. The van der Waals surface area contributed by atoms with E-state index in [9.17, 15) is 4.79 Å². The molecule has 0 saturated heterocycles. The van der Waals surface area contributed by atoms with E-state index in [2.05, 4.69) is 31.9 Å². The largest absolute Gasteiger partial charge is 0.361 e. The van der Waals surface area contributed by atoms with Crippen LogP contribution in [0.25, 0.3) is 16.6 Å². The van der Waals surface area contributed by atoms with Gasteiger partial charge in [-0.05, 0) is 47.5 Å². The molecular formula is C20H20N6OS. The number of tetrazole rings is 1. The Morgan fingerprint density at radius 3 is 2.86 bits per heavy atom. The highest BCUT2D eigenvalue weighted by Crippen LogP contribution is 2.19. The quantitative estimate of drug-likeness (QED) is 0.472. The SMILES string of the molecule is Cc1ccc(-n2nnnc2SCC(=O)NCCc2c[nH]c3ccccc23)cc1. The number of rotatable bonds is 7. The lowest BCUT2D eigenvalue weighted by molar-refractivity contribution is -0.118. The monoisotopic (exact) mass is 392 g/mol.